The summed E-state index contributed by atoms with van der Waals surface area (Å²) >= 11 is 1.56. The predicted molar refractivity (Wildman–Crippen MR) is 71.0 cm³/mol. The van der Waals surface area contributed by atoms with Gasteiger partial charge in [-0.2, -0.15) is 0 Å². The summed E-state index contributed by atoms with van der Waals surface area (Å²) in [5.74, 6) is 0.0597. The van der Waals surface area contributed by atoms with Crippen molar-refractivity contribution in [3.8, 4) is 0 Å². The average Bonchev–Trinajstić information content (AvgIpc) is 2.67. The number of nitrogens with zero attached hydrogens (tertiary/aromatic N) is 1. The van der Waals surface area contributed by atoms with Crippen molar-refractivity contribution in [3.63, 3.8) is 0 Å². The molecule has 2 N–H and O–H groups in total. The molecule has 0 saturated carbocycles. The maximum absolute atomic E-state index is 11.7. The van der Waals surface area contributed by atoms with Crippen molar-refractivity contribution < 1.29 is 4.79 Å². The Bertz CT molecular complexity index is 343. The molecule has 1 aromatic rings. The lowest BCUT2D eigenvalue weighted by Gasteiger charge is -2.20. The van der Waals surface area contributed by atoms with Crippen LogP contribution in [-0.2, 0) is 4.79 Å². The maximum atomic E-state index is 11.7. The normalized spacial score (nSPS) is 13.4. The van der Waals surface area contributed by atoms with Gasteiger partial charge in [-0.05, 0) is 27.7 Å². The summed E-state index contributed by atoms with van der Waals surface area (Å²) in [4.78, 5) is 15.8. The largest absolute Gasteiger partial charge is 0.347 e. The van der Waals surface area contributed by atoms with Crippen molar-refractivity contribution in [3.05, 3.63) is 16.6 Å². The first kappa shape index (κ1) is 14.1. The standard InChI is InChI=1S/C12H21N3OS/c1-9(11-13-7-8-17-11)15-10(16)5-6-14-12(2,3)4/h7-9,14H,5-6H2,1-4H3,(H,15,16). The Kier molecular flexibility index (Phi) is 5.08. The minimum absolute atomic E-state index is 0.00265. The van der Waals surface area contributed by atoms with Crippen molar-refractivity contribution in [2.24, 2.45) is 0 Å². The van der Waals surface area contributed by atoms with Gasteiger partial charge in [-0.3, -0.25) is 4.79 Å². The molecule has 5 heteroatoms. The van der Waals surface area contributed by atoms with Gasteiger partial charge in [0.25, 0.3) is 0 Å². The number of hydrogen-bond acceptors (Lipinski definition) is 4. The number of nitrogens with one attached hydrogen (secondary N) is 2. The second kappa shape index (κ2) is 6.12. The highest BCUT2D eigenvalue weighted by Gasteiger charge is 2.13. The molecule has 4 nitrogen and oxygen atoms in total. The van der Waals surface area contributed by atoms with Gasteiger partial charge in [0.2, 0.25) is 5.91 Å². The molecule has 0 bridgehead atoms. The van der Waals surface area contributed by atoms with Gasteiger partial charge in [-0.25, -0.2) is 4.98 Å². The highest BCUT2D eigenvalue weighted by Crippen LogP contribution is 2.14. The molecule has 1 atom stereocenters. The quantitative estimate of drug-likeness (QED) is 0.847. The molecule has 0 aliphatic carbocycles. The third-order valence-electron chi connectivity index (χ3n) is 2.21. The Morgan fingerprint density at radius 2 is 2.24 bits per heavy atom. The topological polar surface area (TPSA) is 54.0 Å². The number of hydrogen-bond donors (Lipinski definition) is 2. The molecule has 1 amide bonds. The Hall–Kier alpha value is -0.940. The van der Waals surface area contributed by atoms with Crippen LogP contribution in [0.5, 0.6) is 0 Å². The average molecular weight is 255 g/mol. The van der Waals surface area contributed by atoms with E-state index < -0.39 is 0 Å². The summed E-state index contributed by atoms with van der Waals surface area (Å²) in [5.41, 5.74) is 0.0567. The van der Waals surface area contributed by atoms with E-state index in [1.807, 2.05) is 12.3 Å². The molecule has 0 aliphatic rings. The lowest BCUT2D eigenvalue weighted by molar-refractivity contribution is -0.121. The molecule has 0 fully saturated rings. The number of thiazole rings is 1. The number of amides is 1. The summed E-state index contributed by atoms with van der Waals surface area (Å²) in [6, 6.07) is -0.00265. The Morgan fingerprint density at radius 1 is 1.53 bits per heavy atom. The zero-order valence-electron chi connectivity index (χ0n) is 10.9. The summed E-state index contributed by atoms with van der Waals surface area (Å²) in [6.07, 6.45) is 2.25. The number of carbonyl (C=O) groups excluding carboxylic acids is 1. The van der Waals surface area contributed by atoms with Crippen LogP contribution in [0.3, 0.4) is 0 Å². The van der Waals surface area contributed by atoms with Crippen molar-refractivity contribution >= 4 is 17.2 Å². The first-order valence-corrected chi connectivity index (χ1v) is 6.70. The van der Waals surface area contributed by atoms with Gasteiger partial charge >= 0.3 is 0 Å². The smallest absolute Gasteiger partial charge is 0.221 e. The minimum Gasteiger partial charge on any atom is -0.347 e. The summed E-state index contributed by atoms with van der Waals surface area (Å²) in [5, 5.41) is 9.09. The summed E-state index contributed by atoms with van der Waals surface area (Å²) in [7, 11) is 0. The van der Waals surface area contributed by atoms with Gasteiger partial charge in [0.05, 0.1) is 6.04 Å². The Morgan fingerprint density at radius 3 is 2.76 bits per heavy atom. The van der Waals surface area contributed by atoms with Crippen LogP contribution in [-0.4, -0.2) is 23.0 Å². The van der Waals surface area contributed by atoms with E-state index in [2.05, 4.69) is 36.4 Å². The molecule has 1 unspecified atom stereocenters. The van der Waals surface area contributed by atoms with Crippen LogP contribution in [0.25, 0.3) is 0 Å². The second-order valence-corrected chi connectivity index (χ2v) is 6.01. The molecule has 0 aromatic carbocycles. The zero-order chi connectivity index (χ0) is 12.9. The van der Waals surface area contributed by atoms with E-state index in [1.165, 1.54) is 0 Å². The van der Waals surface area contributed by atoms with E-state index >= 15 is 0 Å². The SMILES string of the molecule is CC(NC(=O)CCNC(C)(C)C)c1nccs1. The molecule has 0 saturated heterocycles. The van der Waals surface area contributed by atoms with Crippen LogP contribution < -0.4 is 10.6 Å². The number of carbonyl (C=O) groups is 1. The lowest BCUT2D eigenvalue weighted by Crippen LogP contribution is -2.38. The van der Waals surface area contributed by atoms with E-state index in [0.29, 0.717) is 13.0 Å². The van der Waals surface area contributed by atoms with Gasteiger partial charge in [-0.1, -0.05) is 0 Å². The van der Waals surface area contributed by atoms with Crippen LogP contribution >= 0.6 is 11.3 Å². The fourth-order valence-electron chi connectivity index (χ4n) is 1.37. The second-order valence-electron chi connectivity index (χ2n) is 5.09. The predicted octanol–water partition coefficient (Wildman–Crippen LogP) is 2.10. The molecule has 0 aliphatic heterocycles. The number of aromatic nitrogens is 1. The van der Waals surface area contributed by atoms with Crippen LogP contribution in [0.4, 0.5) is 0 Å². The van der Waals surface area contributed by atoms with Gasteiger partial charge in [0.15, 0.2) is 0 Å². The highest BCUT2D eigenvalue weighted by atomic mass is 32.1. The minimum atomic E-state index is -0.00265. The van der Waals surface area contributed by atoms with Gasteiger partial charge in [0.1, 0.15) is 5.01 Å². The first-order valence-electron chi connectivity index (χ1n) is 5.82. The lowest BCUT2D eigenvalue weighted by atomic mass is 10.1. The third-order valence-corrected chi connectivity index (χ3v) is 3.16. The third kappa shape index (κ3) is 5.79. The molecule has 0 spiro atoms. The summed E-state index contributed by atoms with van der Waals surface area (Å²) in [6.45, 7) is 8.91. The van der Waals surface area contributed by atoms with Crippen LogP contribution in [0.1, 0.15) is 45.2 Å². The molecule has 0 radical (unpaired) electrons. The van der Waals surface area contributed by atoms with E-state index in [4.69, 9.17) is 0 Å². The van der Waals surface area contributed by atoms with E-state index in [1.54, 1.807) is 17.5 Å². The zero-order valence-corrected chi connectivity index (χ0v) is 11.7. The van der Waals surface area contributed by atoms with Crippen molar-refractivity contribution in [1.29, 1.82) is 0 Å². The Balaban J connectivity index is 2.26. The van der Waals surface area contributed by atoms with Crippen molar-refractivity contribution in [2.75, 3.05) is 6.54 Å². The number of rotatable bonds is 5. The van der Waals surface area contributed by atoms with E-state index in [0.717, 1.165) is 5.01 Å². The van der Waals surface area contributed by atoms with Crippen molar-refractivity contribution in [2.45, 2.75) is 45.7 Å². The fraction of sp³-hybridized carbons (Fsp3) is 0.667. The van der Waals surface area contributed by atoms with Crippen LogP contribution in [0, 0.1) is 0 Å². The molecule has 17 heavy (non-hydrogen) atoms. The fourth-order valence-corrected chi connectivity index (χ4v) is 2.02. The molecule has 1 aromatic heterocycles. The highest BCUT2D eigenvalue weighted by molar-refractivity contribution is 7.09. The van der Waals surface area contributed by atoms with Gasteiger partial charge in [-0.15, -0.1) is 11.3 Å². The van der Waals surface area contributed by atoms with Crippen molar-refractivity contribution in [1.82, 2.24) is 15.6 Å². The molecular weight excluding hydrogens is 234 g/mol. The van der Waals surface area contributed by atoms with E-state index in [9.17, 15) is 4.79 Å². The monoisotopic (exact) mass is 255 g/mol. The van der Waals surface area contributed by atoms with Crippen LogP contribution in [0.2, 0.25) is 0 Å². The van der Waals surface area contributed by atoms with Gasteiger partial charge in [0, 0.05) is 30.1 Å². The Labute approximate surface area is 107 Å². The molecule has 1 heterocycles. The first-order chi connectivity index (χ1) is 7.88. The van der Waals surface area contributed by atoms with E-state index in [-0.39, 0.29) is 17.5 Å². The van der Waals surface area contributed by atoms with Gasteiger partial charge < -0.3 is 10.6 Å². The molecule has 1 rings (SSSR count). The maximum Gasteiger partial charge on any atom is 0.221 e. The summed E-state index contributed by atoms with van der Waals surface area (Å²) < 4.78 is 0. The molecule has 96 valence electrons. The molecular formula is C12H21N3OS. The van der Waals surface area contributed by atoms with Crippen LogP contribution in [0.15, 0.2) is 11.6 Å².